The fourth-order valence-electron chi connectivity index (χ4n) is 2.46. The molecule has 0 unspecified atom stereocenters. The lowest BCUT2D eigenvalue weighted by molar-refractivity contribution is 0.0947. The molecule has 1 aromatic heterocycles. The summed E-state index contributed by atoms with van der Waals surface area (Å²) in [5.74, 6) is 0.698. The van der Waals surface area contributed by atoms with Gasteiger partial charge in [0.1, 0.15) is 0 Å². The highest BCUT2D eigenvalue weighted by atomic mass is 35.5. The van der Waals surface area contributed by atoms with Gasteiger partial charge < -0.3 is 5.32 Å². The van der Waals surface area contributed by atoms with Crippen molar-refractivity contribution >= 4 is 28.8 Å². The van der Waals surface area contributed by atoms with E-state index in [2.05, 4.69) is 12.2 Å². The maximum Gasteiger partial charge on any atom is 0.261 e. The Balaban J connectivity index is 1.81. The summed E-state index contributed by atoms with van der Waals surface area (Å²) < 4.78 is 0. The summed E-state index contributed by atoms with van der Waals surface area (Å²) in [7, 11) is 0. The zero-order valence-electron chi connectivity index (χ0n) is 10.7. The summed E-state index contributed by atoms with van der Waals surface area (Å²) in [5, 5.41) is 5.41. The van der Waals surface area contributed by atoms with E-state index in [-0.39, 0.29) is 5.91 Å². The van der Waals surface area contributed by atoms with Gasteiger partial charge in [-0.1, -0.05) is 6.92 Å². The number of rotatable bonds is 4. The first-order chi connectivity index (χ1) is 8.70. The summed E-state index contributed by atoms with van der Waals surface area (Å²) in [6.07, 6.45) is 5.37. The van der Waals surface area contributed by atoms with Crippen LogP contribution < -0.4 is 5.32 Å². The van der Waals surface area contributed by atoms with Gasteiger partial charge in [0, 0.05) is 11.9 Å². The molecule has 1 aliphatic rings. The second-order valence-corrected chi connectivity index (χ2v) is 6.49. The quantitative estimate of drug-likeness (QED) is 0.837. The largest absolute Gasteiger partial charge is 0.351 e. The van der Waals surface area contributed by atoms with E-state index >= 15 is 0 Å². The number of carbonyl (C=O) groups is 1. The maximum absolute atomic E-state index is 12.1. The molecule has 0 spiro atoms. The van der Waals surface area contributed by atoms with Gasteiger partial charge in [-0.2, -0.15) is 0 Å². The Bertz CT molecular complexity index is 396. The van der Waals surface area contributed by atoms with Gasteiger partial charge in [-0.25, -0.2) is 0 Å². The predicted octanol–water partition coefficient (Wildman–Crippen LogP) is 3.84. The van der Waals surface area contributed by atoms with Crippen LogP contribution in [0.4, 0.5) is 0 Å². The molecule has 1 fully saturated rings. The average molecular weight is 286 g/mol. The fraction of sp³-hybridized carbons (Fsp3) is 0.643. The highest BCUT2D eigenvalue weighted by Gasteiger charge is 2.20. The Hall–Kier alpha value is -0.540. The van der Waals surface area contributed by atoms with Gasteiger partial charge in [0.25, 0.3) is 5.91 Å². The van der Waals surface area contributed by atoms with E-state index in [0.29, 0.717) is 11.3 Å². The van der Waals surface area contributed by atoms with E-state index < -0.39 is 0 Å². The van der Waals surface area contributed by atoms with Crippen LogP contribution in [-0.2, 0) is 6.42 Å². The van der Waals surface area contributed by atoms with Crippen LogP contribution in [0.2, 0.25) is 0 Å². The van der Waals surface area contributed by atoms with Crippen molar-refractivity contribution in [1.29, 1.82) is 0 Å². The van der Waals surface area contributed by atoms with Gasteiger partial charge in [0.15, 0.2) is 0 Å². The lowest BCUT2D eigenvalue weighted by atomic mass is 9.89. The number of hydrogen-bond donors (Lipinski definition) is 1. The Morgan fingerprint density at radius 1 is 1.44 bits per heavy atom. The topological polar surface area (TPSA) is 29.1 Å². The first-order valence-corrected chi connectivity index (χ1v) is 8.01. The van der Waals surface area contributed by atoms with Crippen LogP contribution in [0.3, 0.4) is 0 Å². The molecule has 1 saturated carbocycles. The smallest absolute Gasteiger partial charge is 0.261 e. The minimum atomic E-state index is 0.0925. The van der Waals surface area contributed by atoms with Crippen molar-refractivity contribution in [2.45, 2.75) is 44.4 Å². The molecule has 0 bridgehead atoms. The lowest BCUT2D eigenvalue weighted by Gasteiger charge is -2.25. The van der Waals surface area contributed by atoms with E-state index in [4.69, 9.17) is 11.6 Å². The van der Waals surface area contributed by atoms with Crippen LogP contribution in [0.1, 0.15) is 47.8 Å². The highest BCUT2D eigenvalue weighted by molar-refractivity contribution is 7.12. The Labute approximate surface area is 118 Å². The van der Waals surface area contributed by atoms with Crippen molar-refractivity contribution in [3.05, 3.63) is 21.9 Å². The monoisotopic (exact) mass is 285 g/mol. The lowest BCUT2D eigenvalue weighted by Crippen LogP contribution is -2.31. The van der Waals surface area contributed by atoms with Crippen molar-refractivity contribution < 1.29 is 4.79 Å². The zero-order chi connectivity index (χ0) is 13.0. The van der Waals surface area contributed by atoms with Crippen LogP contribution in [0, 0.1) is 5.92 Å². The molecule has 4 heteroatoms. The third kappa shape index (κ3) is 3.48. The summed E-state index contributed by atoms with van der Waals surface area (Å²) in [5.41, 5.74) is 1.15. The SMILES string of the molecule is CCc1ccsc1C(=O)NCC1CCC(Cl)CC1. The first kappa shape index (κ1) is 13.9. The summed E-state index contributed by atoms with van der Waals surface area (Å²) >= 11 is 7.62. The molecule has 2 rings (SSSR count). The summed E-state index contributed by atoms with van der Waals surface area (Å²) in [6.45, 7) is 2.88. The van der Waals surface area contributed by atoms with Crippen LogP contribution >= 0.6 is 22.9 Å². The molecule has 1 heterocycles. The van der Waals surface area contributed by atoms with Gasteiger partial charge in [-0.15, -0.1) is 22.9 Å². The van der Waals surface area contributed by atoms with Crippen molar-refractivity contribution in [3.8, 4) is 0 Å². The van der Waals surface area contributed by atoms with E-state index in [0.717, 1.165) is 49.1 Å². The maximum atomic E-state index is 12.1. The number of alkyl halides is 1. The van der Waals surface area contributed by atoms with Gasteiger partial charge in [-0.3, -0.25) is 4.79 Å². The van der Waals surface area contributed by atoms with Crippen molar-refractivity contribution in [2.75, 3.05) is 6.54 Å². The van der Waals surface area contributed by atoms with Crippen molar-refractivity contribution in [2.24, 2.45) is 5.92 Å². The number of halogens is 1. The number of nitrogens with one attached hydrogen (secondary N) is 1. The number of aryl methyl sites for hydroxylation is 1. The number of thiophene rings is 1. The molecule has 1 aromatic rings. The molecule has 1 amide bonds. The molecule has 0 aromatic carbocycles. The third-order valence-corrected chi connectivity index (χ3v) is 5.05. The molecule has 0 atom stereocenters. The molecule has 0 radical (unpaired) electrons. The fourth-order valence-corrected chi connectivity index (χ4v) is 3.62. The summed E-state index contributed by atoms with van der Waals surface area (Å²) in [6, 6.07) is 2.04. The predicted molar refractivity (Wildman–Crippen MR) is 77.6 cm³/mol. The second-order valence-electron chi connectivity index (χ2n) is 4.96. The highest BCUT2D eigenvalue weighted by Crippen LogP contribution is 2.27. The Morgan fingerprint density at radius 3 is 2.83 bits per heavy atom. The number of hydrogen-bond acceptors (Lipinski definition) is 2. The molecule has 100 valence electrons. The molecule has 1 aliphatic carbocycles. The number of amides is 1. The Kier molecular flexibility index (Phi) is 5.07. The number of carbonyl (C=O) groups excluding carboxylic acids is 1. The van der Waals surface area contributed by atoms with Crippen LogP contribution in [0.5, 0.6) is 0 Å². The van der Waals surface area contributed by atoms with Crippen LogP contribution in [0.25, 0.3) is 0 Å². The molecule has 1 N–H and O–H groups in total. The molecular weight excluding hydrogens is 266 g/mol. The first-order valence-electron chi connectivity index (χ1n) is 6.69. The zero-order valence-corrected chi connectivity index (χ0v) is 12.3. The van der Waals surface area contributed by atoms with Gasteiger partial charge >= 0.3 is 0 Å². The van der Waals surface area contributed by atoms with Gasteiger partial charge in [0.2, 0.25) is 0 Å². The second kappa shape index (κ2) is 6.58. The molecule has 0 saturated heterocycles. The van der Waals surface area contributed by atoms with Crippen molar-refractivity contribution in [3.63, 3.8) is 0 Å². The molecule has 0 aliphatic heterocycles. The molecule has 18 heavy (non-hydrogen) atoms. The van der Waals surface area contributed by atoms with Crippen molar-refractivity contribution in [1.82, 2.24) is 5.32 Å². The van der Waals surface area contributed by atoms with E-state index in [1.165, 1.54) is 11.3 Å². The minimum Gasteiger partial charge on any atom is -0.351 e. The Morgan fingerprint density at radius 2 is 2.17 bits per heavy atom. The third-order valence-electron chi connectivity index (χ3n) is 3.66. The van der Waals surface area contributed by atoms with E-state index in [1.807, 2.05) is 11.4 Å². The van der Waals surface area contributed by atoms with E-state index in [1.54, 1.807) is 0 Å². The van der Waals surface area contributed by atoms with Gasteiger partial charge in [-0.05, 0) is 55.0 Å². The molecule has 2 nitrogen and oxygen atoms in total. The van der Waals surface area contributed by atoms with Gasteiger partial charge in [0.05, 0.1) is 4.88 Å². The van der Waals surface area contributed by atoms with E-state index in [9.17, 15) is 4.79 Å². The van der Waals surface area contributed by atoms with Crippen LogP contribution in [0.15, 0.2) is 11.4 Å². The molecular formula is C14H20ClNOS. The normalized spacial score (nSPS) is 23.9. The summed E-state index contributed by atoms with van der Waals surface area (Å²) in [4.78, 5) is 12.9. The standard InChI is InChI=1S/C14H20ClNOS/c1-2-11-7-8-18-13(11)14(17)16-9-10-3-5-12(15)6-4-10/h7-8,10,12H,2-6,9H2,1H3,(H,16,17). The average Bonchev–Trinajstić information content (AvgIpc) is 2.86. The van der Waals surface area contributed by atoms with Crippen LogP contribution in [-0.4, -0.2) is 17.8 Å². The minimum absolute atomic E-state index is 0.0925.